The smallest absolute Gasteiger partial charge is 0.244 e. The monoisotopic (exact) mass is 569 g/mol. The molecular weight excluding hydrogens is 533 g/mol. The van der Waals surface area contributed by atoms with Crippen LogP contribution in [0.3, 0.4) is 0 Å². The van der Waals surface area contributed by atoms with Crippen molar-refractivity contribution < 1.29 is 4.79 Å². The van der Waals surface area contributed by atoms with Crippen molar-refractivity contribution in [2.75, 3.05) is 51.7 Å². The molecule has 1 aromatic carbocycles. The van der Waals surface area contributed by atoms with Gasteiger partial charge in [0.2, 0.25) is 5.91 Å². The predicted octanol–water partition coefficient (Wildman–Crippen LogP) is 4.97. The number of likely N-dealkylation sites (N-methyl/N-ethyl adjacent to an activating group) is 1. The molecule has 3 aromatic rings. The third kappa shape index (κ3) is 6.09. The first-order valence-corrected chi connectivity index (χ1v) is 14.5. The fourth-order valence-corrected chi connectivity index (χ4v) is 6.41. The van der Waals surface area contributed by atoms with E-state index >= 15 is 0 Å². The molecule has 0 bridgehead atoms. The number of H-pyrrole nitrogens is 1. The van der Waals surface area contributed by atoms with E-state index in [1.54, 1.807) is 17.3 Å². The number of anilines is 1. The Labute approximate surface area is 240 Å². The van der Waals surface area contributed by atoms with Gasteiger partial charge in [0.25, 0.3) is 0 Å². The van der Waals surface area contributed by atoms with Crippen molar-refractivity contribution in [3.63, 3.8) is 0 Å². The Morgan fingerprint density at radius 3 is 2.46 bits per heavy atom. The Kier molecular flexibility index (Phi) is 8.76. The fourth-order valence-electron chi connectivity index (χ4n) is 6.00. The van der Waals surface area contributed by atoms with Crippen LogP contribution >= 0.6 is 23.2 Å². The first-order chi connectivity index (χ1) is 18.9. The highest BCUT2D eigenvalue weighted by molar-refractivity contribution is 6.33. The first-order valence-electron chi connectivity index (χ1n) is 13.7. The predicted molar refractivity (Wildman–Crippen MR) is 157 cm³/mol. The lowest BCUT2D eigenvalue weighted by molar-refractivity contribution is -0.135. The number of pyridine rings is 1. The summed E-state index contributed by atoms with van der Waals surface area (Å²) in [6.45, 7) is 6.79. The van der Waals surface area contributed by atoms with Crippen molar-refractivity contribution in [2.24, 2.45) is 0 Å². The first kappa shape index (κ1) is 27.9. The summed E-state index contributed by atoms with van der Waals surface area (Å²) in [5.41, 5.74) is 1.88. The maximum Gasteiger partial charge on any atom is 0.244 e. The minimum Gasteiger partial charge on any atom is -0.353 e. The number of aromatic nitrogens is 3. The largest absolute Gasteiger partial charge is 0.353 e. The second-order valence-electron chi connectivity index (χ2n) is 10.7. The number of nitrogens with zero attached hydrogens (tertiary/aromatic N) is 6. The number of hydrogen-bond donors (Lipinski definition) is 1. The van der Waals surface area contributed by atoms with Gasteiger partial charge in [-0.3, -0.25) is 14.6 Å². The fraction of sp³-hybridized carbons (Fsp3) is 0.483. The van der Waals surface area contributed by atoms with Gasteiger partial charge in [0.15, 0.2) is 0 Å². The minimum absolute atomic E-state index is 0.110. The molecule has 1 unspecified atom stereocenters. The quantitative estimate of drug-likeness (QED) is 0.433. The van der Waals surface area contributed by atoms with Crippen LogP contribution in [0.25, 0.3) is 11.4 Å². The molecule has 208 valence electrons. The number of likely N-dealkylation sites (tertiary alicyclic amines) is 1. The molecule has 0 radical (unpaired) electrons. The molecule has 5 rings (SSSR count). The third-order valence-electron chi connectivity index (χ3n) is 8.09. The average Bonchev–Trinajstić information content (AvgIpc) is 3.49. The van der Waals surface area contributed by atoms with Gasteiger partial charge in [0.1, 0.15) is 17.7 Å². The molecule has 2 fully saturated rings. The van der Waals surface area contributed by atoms with Gasteiger partial charge in [-0.05, 0) is 43.0 Å². The highest BCUT2D eigenvalue weighted by Gasteiger charge is 2.37. The number of carbonyl (C=O) groups is 1. The molecule has 2 aliphatic heterocycles. The van der Waals surface area contributed by atoms with Gasteiger partial charge < -0.3 is 14.8 Å². The van der Waals surface area contributed by atoms with Crippen LogP contribution in [0, 0.1) is 0 Å². The summed E-state index contributed by atoms with van der Waals surface area (Å²) in [7, 11) is 3.66. The van der Waals surface area contributed by atoms with E-state index in [1.807, 2.05) is 50.6 Å². The summed E-state index contributed by atoms with van der Waals surface area (Å²) in [5, 5.41) is 1.34. The lowest BCUT2D eigenvalue weighted by Crippen LogP contribution is -2.59. The van der Waals surface area contributed by atoms with Crippen molar-refractivity contribution in [3.05, 3.63) is 64.5 Å². The lowest BCUT2D eigenvalue weighted by Gasteiger charge is -2.48. The maximum atomic E-state index is 13.2. The zero-order chi connectivity index (χ0) is 27.5. The van der Waals surface area contributed by atoms with Crippen LogP contribution in [0.15, 0.2) is 48.9 Å². The van der Waals surface area contributed by atoms with Crippen LogP contribution in [-0.4, -0.2) is 94.5 Å². The van der Waals surface area contributed by atoms with E-state index in [0.717, 1.165) is 74.8 Å². The van der Waals surface area contributed by atoms with Crippen molar-refractivity contribution in [3.8, 4) is 11.4 Å². The molecule has 2 aliphatic rings. The molecule has 1 N–H and O–H groups in total. The molecule has 2 aromatic heterocycles. The van der Waals surface area contributed by atoms with Crippen LogP contribution in [0.1, 0.15) is 37.8 Å². The highest BCUT2D eigenvalue weighted by Crippen LogP contribution is 2.33. The number of benzene rings is 1. The molecule has 0 saturated carbocycles. The van der Waals surface area contributed by atoms with E-state index in [4.69, 9.17) is 28.2 Å². The van der Waals surface area contributed by atoms with Crippen LogP contribution in [0.4, 0.5) is 5.82 Å². The number of amides is 1. The summed E-state index contributed by atoms with van der Waals surface area (Å²) < 4.78 is 0. The van der Waals surface area contributed by atoms with Gasteiger partial charge in [-0.15, -0.1) is 0 Å². The van der Waals surface area contributed by atoms with Crippen LogP contribution in [-0.2, 0) is 4.79 Å². The molecule has 4 heterocycles. The molecule has 2 atom stereocenters. The number of aromatic amines is 1. The SMILES string of the molecule is CC[C@H]1CN(c2ncc(-c3ncc[nH]3)cc2Cl)CCN1C1CCN(C(C(=O)N(C)C)c2ccc(Cl)cc2)CC1. The summed E-state index contributed by atoms with van der Waals surface area (Å²) in [6, 6.07) is 10.3. The minimum atomic E-state index is -0.283. The normalized spacial score (nSPS) is 20.2. The number of hydrogen-bond acceptors (Lipinski definition) is 6. The number of halogens is 2. The summed E-state index contributed by atoms with van der Waals surface area (Å²) in [6.07, 6.45) is 8.51. The van der Waals surface area contributed by atoms with E-state index in [-0.39, 0.29) is 11.9 Å². The molecule has 0 aliphatic carbocycles. The van der Waals surface area contributed by atoms with Crippen LogP contribution < -0.4 is 4.90 Å². The number of nitrogens with one attached hydrogen (secondary N) is 1. The van der Waals surface area contributed by atoms with E-state index in [0.29, 0.717) is 22.1 Å². The topological polar surface area (TPSA) is 71.6 Å². The van der Waals surface area contributed by atoms with Crippen molar-refractivity contribution in [1.29, 1.82) is 0 Å². The molecule has 1 amide bonds. The van der Waals surface area contributed by atoms with Gasteiger partial charge in [-0.25, -0.2) is 9.97 Å². The van der Waals surface area contributed by atoms with Crippen LogP contribution in [0.5, 0.6) is 0 Å². The number of rotatable bonds is 7. The Balaban J connectivity index is 1.24. The number of piperazine rings is 1. The number of piperidine rings is 1. The molecule has 2 saturated heterocycles. The van der Waals surface area contributed by atoms with Gasteiger partial charge in [0.05, 0.1) is 5.02 Å². The van der Waals surface area contributed by atoms with Crippen molar-refractivity contribution in [1.82, 2.24) is 29.7 Å². The van der Waals surface area contributed by atoms with Crippen LogP contribution in [0.2, 0.25) is 10.0 Å². The summed E-state index contributed by atoms with van der Waals surface area (Å²) >= 11 is 12.8. The van der Waals surface area contributed by atoms with E-state index in [2.05, 4.69) is 31.6 Å². The Bertz CT molecular complexity index is 1240. The Morgan fingerprint density at radius 2 is 1.85 bits per heavy atom. The molecule has 0 spiro atoms. The second-order valence-corrected chi connectivity index (χ2v) is 11.5. The summed E-state index contributed by atoms with van der Waals surface area (Å²) in [4.78, 5) is 34.4. The van der Waals surface area contributed by atoms with Gasteiger partial charge in [-0.1, -0.05) is 42.3 Å². The third-order valence-corrected chi connectivity index (χ3v) is 8.62. The molecule has 8 nitrogen and oxygen atoms in total. The van der Waals surface area contributed by atoms with E-state index < -0.39 is 0 Å². The molecule has 10 heteroatoms. The van der Waals surface area contributed by atoms with Gasteiger partial charge in [0, 0.05) is 88.1 Å². The Morgan fingerprint density at radius 1 is 1.10 bits per heavy atom. The zero-order valence-electron chi connectivity index (χ0n) is 22.9. The Hall–Kier alpha value is -2.65. The maximum absolute atomic E-state index is 13.2. The second kappa shape index (κ2) is 12.3. The average molecular weight is 571 g/mol. The molecular formula is C29H37Cl2N7O. The van der Waals surface area contributed by atoms with E-state index in [1.165, 1.54) is 0 Å². The summed E-state index contributed by atoms with van der Waals surface area (Å²) in [5.74, 6) is 1.72. The highest BCUT2D eigenvalue weighted by atomic mass is 35.5. The van der Waals surface area contributed by atoms with Gasteiger partial charge in [-0.2, -0.15) is 0 Å². The van der Waals surface area contributed by atoms with Crippen molar-refractivity contribution in [2.45, 2.75) is 44.3 Å². The zero-order valence-corrected chi connectivity index (χ0v) is 24.4. The molecule has 39 heavy (non-hydrogen) atoms. The van der Waals surface area contributed by atoms with Crippen molar-refractivity contribution >= 4 is 34.9 Å². The standard InChI is InChI=1S/C29H37Cl2N7O/c1-4-23-19-37(28-25(31)17-21(18-34-28)27-32-11-12-33-27)15-16-38(23)24-9-13-36(14-10-24)26(29(39)35(2)3)20-5-7-22(30)8-6-20/h5-8,11-12,17-18,23-24,26H,4,9-10,13-16,19H2,1-3H3,(H,32,33)/t23-,26?/m0/s1. The van der Waals surface area contributed by atoms with E-state index in [9.17, 15) is 4.79 Å². The number of imidazole rings is 1. The lowest BCUT2D eigenvalue weighted by atomic mass is 9.95. The number of carbonyl (C=O) groups excluding carboxylic acids is 1. The van der Waals surface area contributed by atoms with Gasteiger partial charge >= 0.3 is 0 Å².